The van der Waals surface area contributed by atoms with Crippen LogP contribution in [-0.4, -0.2) is 67.6 Å². The lowest BCUT2D eigenvalue weighted by Gasteiger charge is -2.34. The van der Waals surface area contributed by atoms with Crippen molar-refractivity contribution >= 4 is 5.91 Å². The molecule has 1 fully saturated rings. The first kappa shape index (κ1) is 19.2. The summed E-state index contributed by atoms with van der Waals surface area (Å²) in [5.74, 6) is 0.909. The van der Waals surface area contributed by atoms with Gasteiger partial charge >= 0.3 is 0 Å². The van der Waals surface area contributed by atoms with E-state index >= 15 is 0 Å². The molecule has 1 saturated heterocycles. The van der Waals surface area contributed by atoms with Crippen molar-refractivity contribution in [2.45, 2.75) is 26.3 Å². The van der Waals surface area contributed by atoms with Crippen LogP contribution in [0.5, 0.6) is 5.75 Å². The van der Waals surface area contributed by atoms with Crippen LogP contribution in [0.15, 0.2) is 24.3 Å². The van der Waals surface area contributed by atoms with E-state index in [1.807, 2.05) is 19.1 Å². The normalized spacial score (nSPS) is 16.8. The molecule has 6 nitrogen and oxygen atoms in total. The van der Waals surface area contributed by atoms with Gasteiger partial charge in [-0.05, 0) is 37.6 Å². The van der Waals surface area contributed by atoms with Crippen LogP contribution in [0.3, 0.4) is 0 Å². The lowest BCUT2D eigenvalue weighted by molar-refractivity contribution is -0.123. The van der Waals surface area contributed by atoms with Crippen LogP contribution in [0.1, 0.15) is 25.8 Å². The molecule has 1 atom stereocenters. The molecule has 0 aliphatic carbocycles. The van der Waals surface area contributed by atoms with Gasteiger partial charge in [0, 0.05) is 38.8 Å². The molecule has 0 spiro atoms. The van der Waals surface area contributed by atoms with Crippen molar-refractivity contribution in [1.29, 1.82) is 5.26 Å². The van der Waals surface area contributed by atoms with Gasteiger partial charge < -0.3 is 10.1 Å². The van der Waals surface area contributed by atoms with Gasteiger partial charge in [0.2, 0.25) is 5.91 Å². The Hall–Kier alpha value is -2.10. The van der Waals surface area contributed by atoms with Crippen LogP contribution < -0.4 is 10.1 Å². The number of carbonyl (C=O) groups is 1. The minimum Gasteiger partial charge on any atom is -0.492 e. The van der Waals surface area contributed by atoms with E-state index in [0.717, 1.165) is 44.9 Å². The molecule has 25 heavy (non-hydrogen) atoms. The third-order valence-corrected chi connectivity index (χ3v) is 4.51. The number of hydrogen-bond donors (Lipinski definition) is 1. The van der Waals surface area contributed by atoms with Gasteiger partial charge in [-0.15, -0.1) is 0 Å². The molecule has 0 saturated carbocycles. The molecule has 1 amide bonds. The summed E-state index contributed by atoms with van der Waals surface area (Å²) < 4.78 is 5.73. The molecule has 1 N–H and O–H groups in total. The van der Waals surface area contributed by atoms with Gasteiger partial charge in [0.15, 0.2) is 0 Å². The maximum atomic E-state index is 11.9. The lowest BCUT2D eigenvalue weighted by Crippen LogP contribution is -2.50. The highest BCUT2D eigenvalue weighted by Crippen LogP contribution is 2.11. The molecule has 6 heteroatoms. The van der Waals surface area contributed by atoms with Gasteiger partial charge in [0.1, 0.15) is 12.4 Å². The van der Waals surface area contributed by atoms with E-state index in [9.17, 15) is 4.79 Å². The maximum absolute atomic E-state index is 11.9. The SMILES string of the molecule is CC[C@H](C)NC(=O)CN1CCN(CCOc2ccc(C#N)cc2)CC1. The average molecular weight is 344 g/mol. The maximum Gasteiger partial charge on any atom is 0.234 e. The molecule has 1 aliphatic heterocycles. The van der Waals surface area contributed by atoms with Crippen LogP contribution in [0.2, 0.25) is 0 Å². The Kier molecular flexibility index (Phi) is 7.71. The number of benzene rings is 1. The van der Waals surface area contributed by atoms with E-state index in [1.165, 1.54) is 0 Å². The molecular formula is C19H28N4O2. The number of rotatable bonds is 8. The van der Waals surface area contributed by atoms with Gasteiger partial charge in [-0.25, -0.2) is 0 Å². The fourth-order valence-corrected chi connectivity index (χ4v) is 2.71. The zero-order valence-corrected chi connectivity index (χ0v) is 15.2. The van der Waals surface area contributed by atoms with Gasteiger partial charge in [0.25, 0.3) is 0 Å². The highest BCUT2D eigenvalue weighted by Gasteiger charge is 2.19. The number of hydrogen-bond acceptors (Lipinski definition) is 5. The summed E-state index contributed by atoms with van der Waals surface area (Å²) in [4.78, 5) is 16.5. The Morgan fingerprint density at radius 3 is 2.48 bits per heavy atom. The highest BCUT2D eigenvalue weighted by molar-refractivity contribution is 5.78. The number of nitrogens with one attached hydrogen (secondary N) is 1. The van der Waals surface area contributed by atoms with Crippen molar-refractivity contribution in [3.8, 4) is 11.8 Å². The second-order valence-corrected chi connectivity index (χ2v) is 6.48. The predicted octanol–water partition coefficient (Wildman–Crippen LogP) is 1.47. The quantitative estimate of drug-likeness (QED) is 0.773. The summed E-state index contributed by atoms with van der Waals surface area (Å²) in [5.41, 5.74) is 0.640. The molecule has 1 heterocycles. The summed E-state index contributed by atoms with van der Waals surface area (Å²) in [7, 11) is 0. The highest BCUT2D eigenvalue weighted by atomic mass is 16.5. The first-order chi connectivity index (χ1) is 12.1. The van der Waals surface area contributed by atoms with E-state index in [1.54, 1.807) is 12.1 Å². The Labute approximate surface area is 150 Å². The summed E-state index contributed by atoms with van der Waals surface area (Å²) >= 11 is 0. The van der Waals surface area contributed by atoms with Crippen LogP contribution in [-0.2, 0) is 4.79 Å². The summed E-state index contributed by atoms with van der Waals surface area (Å²) in [5, 5.41) is 11.8. The topological polar surface area (TPSA) is 68.6 Å². The van der Waals surface area contributed by atoms with E-state index in [4.69, 9.17) is 10.00 Å². The summed E-state index contributed by atoms with van der Waals surface area (Å²) in [6, 6.07) is 9.52. The third kappa shape index (κ3) is 6.73. The Bertz CT molecular complexity index is 574. The van der Waals surface area contributed by atoms with Gasteiger partial charge in [0.05, 0.1) is 18.2 Å². The standard InChI is InChI=1S/C19H28N4O2/c1-3-16(2)21-19(24)15-23-10-8-22(9-11-23)12-13-25-18-6-4-17(14-20)5-7-18/h4-7,16H,3,8-13,15H2,1-2H3,(H,21,24)/t16-/m0/s1. The number of piperazine rings is 1. The number of nitrogens with zero attached hydrogens (tertiary/aromatic N) is 3. The minimum absolute atomic E-state index is 0.118. The van der Waals surface area contributed by atoms with Crippen molar-refractivity contribution < 1.29 is 9.53 Å². The van der Waals surface area contributed by atoms with Crippen LogP contribution >= 0.6 is 0 Å². The molecule has 1 aromatic rings. The van der Waals surface area contributed by atoms with E-state index in [-0.39, 0.29) is 11.9 Å². The molecular weight excluding hydrogens is 316 g/mol. The number of carbonyl (C=O) groups excluding carboxylic acids is 1. The molecule has 0 bridgehead atoms. The Balaban J connectivity index is 1.62. The van der Waals surface area contributed by atoms with Gasteiger partial charge in [-0.1, -0.05) is 6.92 Å². The number of nitriles is 1. The molecule has 0 radical (unpaired) electrons. The van der Waals surface area contributed by atoms with Crippen LogP contribution in [0.4, 0.5) is 0 Å². The van der Waals surface area contributed by atoms with Gasteiger partial charge in [-0.2, -0.15) is 5.26 Å². The molecule has 0 unspecified atom stereocenters. The monoisotopic (exact) mass is 344 g/mol. The average Bonchev–Trinajstić information content (AvgIpc) is 2.63. The zero-order valence-electron chi connectivity index (χ0n) is 15.2. The fourth-order valence-electron chi connectivity index (χ4n) is 2.71. The van der Waals surface area contributed by atoms with E-state index in [2.05, 4.69) is 28.1 Å². The smallest absolute Gasteiger partial charge is 0.234 e. The largest absolute Gasteiger partial charge is 0.492 e. The minimum atomic E-state index is 0.118. The van der Waals surface area contributed by atoms with Crippen molar-refractivity contribution in [1.82, 2.24) is 15.1 Å². The molecule has 1 aromatic carbocycles. The Morgan fingerprint density at radius 2 is 1.88 bits per heavy atom. The Morgan fingerprint density at radius 1 is 1.24 bits per heavy atom. The predicted molar refractivity (Wildman–Crippen MR) is 97.4 cm³/mol. The first-order valence-corrected chi connectivity index (χ1v) is 8.97. The second-order valence-electron chi connectivity index (χ2n) is 6.48. The van der Waals surface area contributed by atoms with E-state index in [0.29, 0.717) is 18.7 Å². The molecule has 1 aliphatic rings. The zero-order chi connectivity index (χ0) is 18.1. The first-order valence-electron chi connectivity index (χ1n) is 8.97. The van der Waals surface area contributed by atoms with Gasteiger partial charge in [-0.3, -0.25) is 14.6 Å². The van der Waals surface area contributed by atoms with Crippen molar-refractivity contribution in [2.24, 2.45) is 0 Å². The lowest BCUT2D eigenvalue weighted by atomic mass is 10.2. The summed E-state index contributed by atoms with van der Waals surface area (Å²) in [6.45, 7) is 9.80. The molecule has 0 aromatic heterocycles. The fraction of sp³-hybridized carbons (Fsp3) is 0.579. The number of amides is 1. The number of ether oxygens (including phenoxy) is 1. The van der Waals surface area contributed by atoms with E-state index < -0.39 is 0 Å². The summed E-state index contributed by atoms with van der Waals surface area (Å²) in [6.07, 6.45) is 0.957. The molecule has 136 valence electrons. The third-order valence-electron chi connectivity index (χ3n) is 4.51. The van der Waals surface area contributed by atoms with Crippen LogP contribution in [0, 0.1) is 11.3 Å². The van der Waals surface area contributed by atoms with Crippen LogP contribution in [0.25, 0.3) is 0 Å². The second kappa shape index (κ2) is 10.0. The van der Waals surface area contributed by atoms with Crippen molar-refractivity contribution in [2.75, 3.05) is 45.9 Å². The van der Waals surface area contributed by atoms with Crippen molar-refractivity contribution in [3.05, 3.63) is 29.8 Å². The van der Waals surface area contributed by atoms with Crippen molar-refractivity contribution in [3.63, 3.8) is 0 Å². The molecule has 2 rings (SSSR count).